The fraction of sp³-hybridized carbons (Fsp3) is 0.182. The van der Waals surface area contributed by atoms with E-state index in [2.05, 4.69) is 4.98 Å². The Bertz CT molecular complexity index is 679. The monoisotopic (exact) mass is 319 g/mol. The minimum atomic E-state index is -3.22. The van der Waals surface area contributed by atoms with Crippen molar-refractivity contribution < 1.29 is 18.3 Å². The second kappa shape index (κ2) is 5.46. The van der Waals surface area contributed by atoms with Crippen LogP contribution in [-0.2, 0) is 16.4 Å². The number of benzene rings is 1. The molecule has 0 spiro atoms. The van der Waals surface area contributed by atoms with Crippen LogP contribution in [0.5, 0.6) is 10.9 Å². The maximum absolute atomic E-state index is 11.3. The first-order valence-electron chi connectivity index (χ1n) is 5.14. The molecule has 19 heavy (non-hydrogen) atoms. The third-order valence-electron chi connectivity index (χ3n) is 2.23. The SMILES string of the molecule is CS(=O)(=O)c1ccc(Oc2nc(Cl)c(CO)s2)cc1. The zero-order valence-electron chi connectivity index (χ0n) is 9.83. The number of sulfone groups is 1. The molecule has 0 aliphatic carbocycles. The summed E-state index contributed by atoms with van der Waals surface area (Å²) >= 11 is 6.91. The normalized spacial score (nSPS) is 11.5. The Balaban J connectivity index is 2.19. The molecule has 0 bridgehead atoms. The van der Waals surface area contributed by atoms with E-state index in [1.807, 2.05) is 0 Å². The number of nitrogens with zero attached hydrogens (tertiary/aromatic N) is 1. The van der Waals surface area contributed by atoms with Crippen LogP contribution in [0.3, 0.4) is 0 Å². The van der Waals surface area contributed by atoms with Gasteiger partial charge in [0.25, 0.3) is 5.19 Å². The number of hydrogen-bond donors (Lipinski definition) is 1. The fourth-order valence-electron chi connectivity index (χ4n) is 1.31. The van der Waals surface area contributed by atoms with E-state index in [1.54, 1.807) is 0 Å². The predicted molar refractivity (Wildman–Crippen MR) is 72.7 cm³/mol. The van der Waals surface area contributed by atoms with Crippen molar-refractivity contribution in [1.82, 2.24) is 4.98 Å². The van der Waals surface area contributed by atoms with Crippen LogP contribution in [0.2, 0.25) is 5.15 Å². The summed E-state index contributed by atoms with van der Waals surface area (Å²) in [5.74, 6) is 0.447. The van der Waals surface area contributed by atoms with Gasteiger partial charge in [-0.2, -0.15) is 4.98 Å². The molecule has 1 heterocycles. The molecule has 1 aromatic carbocycles. The van der Waals surface area contributed by atoms with Crippen molar-refractivity contribution in [2.24, 2.45) is 0 Å². The Kier molecular flexibility index (Phi) is 4.10. The molecule has 2 aromatic rings. The summed E-state index contributed by atoms with van der Waals surface area (Å²) in [6.07, 6.45) is 1.14. The lowest BCUT2D eigenvalue weighted by atomic mass is 10.3. The highest BCUT2D eigenvalue weighted by molar-refractivity contribution is 7.90. The Morgan fingerprint density at radius 3 is 2.47 bits per heavy atom. The zero-order valence-corrected chi connectivity index (χ0v) is 12.2. The van der Waals surface area contributed by atoms with Crippen molar-refractivity contribution in [3.05, 3.63) is 34.3 Å². The lowest BCUT2D eigenvalue weighted by Crippen LogP contribution is -1.96. The average Bonchev–Trinajstić information content (AvgIpc) is 2.69. The number of aliphatic hydroxyl groups is 1. The maximum Gasteiger partial charge on any atom is 0.280 e. The minimum Gasteiger partial charge on any atom is -0.431 e. The van der Waals surface area contributed by atoms with E-state index in [4.69, 9.17) is 21.4 Å². The number of aromatic nitrogens is 1. The van der Waals surface area contributed by atoms with Crippen LogP contribution in [0.4, 0.5) is 0 Å². The average molecular weight is 320 g/mol. The number of thiazole rings is 1. The number of aliphatic hydroxyl groups excluding tert-OH is 1. The van der Waals surface area contributed by atoms with Crippen molar-refractivity contribution in [2.45, 2.75) is 11.5 Å². The Morgan fingerprint density at radius 2 is 2.00 bits per heavy atom. The van der Waals surface area contributed by atoms with Crippen LogP contribution in [0.1, 0.15) is 4.88 Å². The van der Waals surface area contributed by atoms with Gasteiger partial charge in [-0.25, -0.2) is 8.42 Å². The molecule has 0 saturated carbocycles. The second-order valence-electron chi connectivity index (χ2n) is 3.70. The number of rotatable bonds is 4. The third-order valence-corrected chi connectivity index (χ3v) is 4.70. The van der Waals surface area contributed by atoms with E-state index in [0.717, 1.165) is 17.6 Å². The van der Waals surface area contributed by atoms with Crippen molar-refractivity contribution in [3.8, 4) is 10.9 Å². The first kappa shape index (κ1) is 14.3. The van der Waals surface area contributed by atoms with Gasteiger partial charge in [-0.05, 0) is 24.3 Å². The van der Waals surface area contributed by atoms with Crippen molar-refractivity contribution >= 4 is 32.8 Å². The smallest absolute Gasteiger partial charge is 0.280 e. The van der Waals surface area contributed by atoms with Gasteiger partial charge in [0.1, 0.15) is 10.9 Å². The molecule has 0 unspecified atom stereocenters. The molecule has 102 valence electrons. The van der Waals surface area contributed by atoms with E-state index >= 15 is 0 Å². The first-order chi connectivity index (χ1) is 8.90. The molecule has 5 nitrogen and oxygen atoms in total. The Hall–Kier alpha value is -1.15. The van der Waals surface area contributed by atoms with E-state index in [-0.39, 0.29) is 16.7 Å². The molecule has 0 fully saturated rings. The highest BCUT2D eigenvalue weighted by Gasteiger charge is 2.11. The third kappa shape index (κ3) is 3.44. The molecule has 0 atom stereocenters. The molecular weight excluding hydrogens is 310 g/mol. The minimum absolute atomic E-state index is 0.202. The quantitative estimate of drug-likeness (QED) is 0.937. The number of ether oxygens (including phenoxy) is 1. The van der Waals surface area contributed by atoms with Gasteiger partial charge in [-0.1, -0.05) is 22.9 Å². The van der Waals surface area contributed by atoms with Gasteiger partial charge < -0.3 is 9.84 Å². The number of halogens is 1. The van der Waals surface area contributed by atoms with E-state index < -0.39 is 9.84 Å². The van der Waals surface area contributed by atoms with Crippen molar-refractivity contribution in [1.29, 1.82) is 0 Å². The molecule has 0 aliphatic heterocycles. The molecule has 1 N–H and O–H groups in total. The predicted octanol–water partition coefficient (Wildman–Crippen LogP) is 2.48. The van der Waals surface area contributed by atoms with E-state index in [9.17, 15) is 8.42 Å². The van der Waals surface area contributed by atoms with Gasteiger partial charge >= 0.3 is 0 Å². The first-order valence-corrected chi connectivity index (χ1v) is 8.23. The summed E-state index contributed by atoms with van der Waals surface area (Å²) in [5, 5.41) is 9.48. The molecule has 1 aromatic heterocycles. The molecule has 0 radical (unpaired) electrons. The molecule has 2 rings (SSSR count). The van der Waals surface area contributed by atoms with Crippen LogP contribution < -0.4 is 4.74 Å². The zero-order chi connectivity index (χ0) is 14.0. The molecule has 0 aliphatic rings. The topological polar surface area (TPSA) is 76.5 Å². The highest BCUT2D eigenvalue weighted by Crippen LogP contribution is 2.32. The van der Waals surface area contributed by atoms with E-state index in [0.29, 0.717) is 15.8 Å². The molecule has 0 saturated heterocycles. The van der Waals surface area contributed by atoms with Gasteiger partial charge in [0.15, 0.2) is 9.84 Å². The molecule has 0 amide bonds. The summed E-state index contributed by atoms with van der Waals surface area (Å²) in [6, 6.07) is 5.97. The van der Waals surface area contributed by atoms with Crippen LogP contribution >= 0.6 is 22.9 Å². The van der Waals surface area contributed by atoms with Crippen molar-refractivity contribution in [3.63, 3.8) is 0 Å². The summed E-state index contributed by atoms with van der Waals surface area (Å²) in [4.78, 5) is 4.67. The van der Waals surface area contributed by atoms with Gasteiger partial charge in [0.2, 0.25) is 0 Å². The summed E-state index contributed by atoms with van der Waals surface area (Å²) in [6.45, 7) is -0.202. The molecule has 8 heteroatoms. The Morgan fingerprint density at radius 1 is 1.37 bits per heavy atom. The Labute approximate surface area is 119 Å². The van der Waals surface area contributed by atoms with Crippen LogP contribution in [-0.4, -0.2) is 24.8 Å². The van der Waals surface area contributed by atoms with Crippen LogP contribution in [0.25, 0.3) is 0 Å². The van der Waals surface area contributed by atoms with Gasteiger partial charge in [0, 0.05) is 6.26 Å². The maximum atomic E-state index is 11.3. The van der Waals surface area contributed by atoms with Crippen LogP contribution in [0.15, 0.2) is 29.2 Å². The number of hydrogen-bond acceptors (Lipinski definition) is 6. The summed E-state index contributed by atoms with van der Waals surface area (Å²) in [5.41, 5.74) is 0. The standard InChI is InChI=1S/C11H10ClNO4S2/c1-19(15,16)8-4-2-7(3-5-8)17-11-13-10(12)9(6-14)18-11/h2-5,14H,6H2,1H3. The lowest BCUT2D eigenvalue weighted by molar-refractivity contribution is 0.285. The largest absolute Gasteiger partial charge is 0.431 e. The van der Waals surface area contributed by atoms with Crippen molar-refractivity contribution in [2.75, 3.05) is 6.26 Å². The van der Waals surface area contributed by atoms with Crippen LogP contribution in [0, 0.1) is 0 Å². The highest BCUT2D eigenvalue weighted by atomic mass is 35.5. The van der Waals surface area contributed by atoms with E-state index in [1.165, 1.54) is 24.3 Å². The fourth-order valence-corrected chi connectivity index (χ4v) is 2.92. The lowest BCUT2D eigenvalue weighted by Gasteiger charge is -2.02. The van der Waals surface area contributed by atoms with Gasteiger partial charge in [-0.3, -0.25) is 0 Å². The van der Waals surface area contributed by atoms with Gasteiger partial charge in [0.05, 0.1) is 16.4 Å². The van der Waals surface area contributed by atoms with Gasteiger partial charge in [-0.15, -0.1) is 0 Å². The second-order valence-corrected chi connectivity index (χ2v) is 7.12. The summed E-state index contributed by atoms with van der Waals surface area (Å²) < 4.78 is 28.0. The molecular formula is C11H10ClNO4S2. The summed E-state index contributed by atoms with van der Waals surface area (Å²) in [7, 11) is -3.22.